The van der Waals surface area contributed by atoms with Gasteiger partial charge in [0.1, 0.15) is 22.9 Å². The molecule has 5 rings (SSSR count). The summed E-state index contributed by atoms with van der Waals surface area (Å²) in [5, 5.41) is 8.71. The first-order chi connectivity index (χ1) is 19.7. The van der Waals surface area contributed by atoms with Crippen molar-refractivity contribution in [3.63, 3.8) is 0 Å². The molecule has 1 unspecified atom stereocenters. The first-order valence-corrected chi connectivity index (χ1v) is 15.6. The summed E-state index contributed by atoms with van der Waals surface area (Å²) in [6, 6.07) is 18.2. The Hall–Kier alpha value is -3.32. The third kappa shape index (κ3) is 6.15. The van der Waals surface area contributed by atoms with Gasteiger partial charge in [0, 0.05) is 26.2 Å². The van der Waals surface area contributed by atoms with Crippen LogP contribution < -0.4 is 4.74 Å². The molecular formula is C29H36N6O4S2. The lowest BCUT2D eigenvalue weighted by Crippen LogP contribution is -2.49. The van der Waals surface area contributed by atoms with Gasteiger partial charge >= 0.3 is 0 Å². The van der Waals surface area contributed by atoms with Crippen LogP contribution in [0.1, 0.15) is 48.3 Å². The van der Waals surface area contributed by atoms with Gasteiger partial charge in [-0.1, -0.05) is 54.5 Å². The van der Waals surface area contributed by atoms with Gasteiger partial charge in [-0.2, -0.15) is 9.40 Å². The maximum atomic E-state index is 13.2. The summed E-state index contributed by atoms with van der Waals surface area (Å²) in [4.78, 5) is 2.32. The Morgan fingerprint density at radius 1 is 1.02 bits per heavy atom. The Labute approximate surface area is 246 Å². The fraction of sp³-hybridized carbons (Fsp3) is 0.414. The Balaban J connectivity index is 1.34. The van der Waals surface area contributed by atoms with Crippen LogP contribution in [0, 0.1) is 18.6 Å². The van der Waals surface area contributed by atoms with Gasteiger partial charge in [0.2, 0.25) is 10.0 Å². The molecule has 41 heavy (non-hydrogen) atoms. The second kappa shape index (κ2) is 12.3. The van der Waals surface area contributed by atoms with Crippen molar-refractivity contribution in [3.8, 4) is 5.75 Å². The Bertz CT molecular complexity index is 1620. The van der Waals surface area contributed by atoms with E-state index in [0.717, 1.165) is 23.6 Å². The minimum absolute atomic E-state index is 0.0458. The summed E-state index contributed by atoms with van der Waals surface area (Å²) in [5.74, 6) is 1.81. The minimum Gasteiger partial charge on any atom is -0.486 e. The van der Waals surface area contributed by atoms with Gasteiger partial charge in [-0.3, -0.25) is 9.47 Å². The summed E-state index contributed by atoms with van der Waals surface area (Å²) in [5.41, 5.74) is 2.75. The normalized spacial score (nSPS) is 15.7. The largest absolute Gasteiger partial charge is 0.486 e. The van der Waals surface area contributed by atoms with Gasteiger partial charge in [-0.05, 0) is 62.7 Å². The number of rotatable bonds is 10. The standard InChI is InChI=1S/C29H36N6O4S2/c1-5-24-11-13-26(14-12-24)38-19-27-30-34(29(40)35(27)22(3)25-9-7-6-8-10-25)20-32-15-17-33(18-16-32)41(36,37)28-21(2)31-39-23(28)4/h6-14,22H,5,15-20H2,1-4H3. The van der Waals surface area contributed by atoms with E-state index in [1.165, 1.54) is 9.87 Å². The minimum atomic E-state index is -3.68. The third-order valence-electron chi connectivity index (χ3n) is 7.54. The molecule has 0 saturated carbocycles. The zero-order chi connectivity index (χ0) is 29.1. The van der Waals surface area contributed by atoms with E-state index < -0.39 is 10.0 Å². The van der Waals surface area contributed by atoms with E-state index in [1.54, 1.807) is 13.8 Å². The van der Waals surface area contributed by atoms with Gasteiger partial charge in [0.25, 0.3) is 0 Å². The van der Waals surface area contributed by atoms with E-state index >= 15 is 0 Å². The van der Waals surface area contributed by atoms with Gasteiger partial charge in [-0.15, -0.1) is 0 Å². The van der Waals surface area contributed by atoms with Crippen LogP contribution >= 0.6 is 12.2 Å². The predicted molar refractivity (Wildman–Crippen MR) is 158 cm³/mol. The molecule has 0 spiro atoms. The van der Waals surface area contributed by atoms with Crippen LogP contribution in [0.5, 0.6) is 5.75 Å². The van der Waals surface area contributed by atoms with Crippen LogP contribution in [-0.4, -0.2) is 63.3 Å². The molecule has 0 amide bonds. The molecule has 3 heterocycles. The van der Waals surface area contributed by atoms with Crippen molar-refractivity contribution in [1.29, 1.82) is 0 Å². The number of hydrogen-bond acceptors (Lipinski definition) is 8. The topological polar surface area (TPSA) is 98.6 Å². The van der Waals surface area contributed by atoms with Crippen LogP contribution in [0.15, 0.2) is 64.0 Å². The van der Waals surface area contributed by atoms with E-state index in [1.807, 2.05) is 39.6 Å². The molecule has 0 N–H and O–H groups in total. The SMILES string of the molecule is CCc1ccc(OCc2nn(CN3CCN(S(=O)(=O)c4c(C)noc4C)CC3)c(=S)n2C(C)c2ccccc2)cc1. The van der Waals surface area contributed by atoms with Gasteiger partial charge in [0.15, 0.2) is 16.4 Å². The van der Waals surface area contributed by atoms with Gasteiger partial charge < -0.3 is 9.26 Å². The Kier molecular flexibility index (Phi) is 8.74. The van der Waals surface area contributed by atoms with E-state index in [4.69, 9.17) is 26.6 Å². The average Bonchev–Trinajstić information content (AvgIpc) is 3.49. The second-order valence-corrected chi connectivity index (χ2v) is 12.5. The monoisotopic (exact) mass is 596 g/mol. The van der Waals surface area contributed by atoms with Crippen LogP contribution in [0.25, 0.3) is 0 Å². The molecule has 12 heteroatoms. The number of aryl methyl sites for hydroxylation is 3. The fourth-order valence-electron chi connectivity index (χ4n) is 5.17. The summed E-state index contributed by atoms with van der Waals surface area (Å²) >= 11 is 5.94. The molecule has 2 aromatic carbocycles. The molecule has 0 bridgehead atoms. The number of ether oxygens (including phenoxy) is 1. The zero-order valence-corrected chi connectivity index (χ0v) is 25.5. The highest BCUT2D eigenvalue weighted by atomic mass is 32.2. The number of piperazine rings is 1. The number of hydrogen-bond donors (Lipinski definition) is 0. The van der Waals surface area contributed by atoms with E-state index in [-0.39, 0.29) is 17.5 Å². The molecule has 1 aliphatic rings. The number of sulfonamides is 1. The molecule has 1 aliphatic heterocycles. The highest BCUT2D eigenvalue weighted by Crippen LogP contribution is 2.25. The van der Waals surface area contributed by atoms with Crippen LogP contribution in [-0.2, 0) is 29.7 Å². The molecule has 2 aromatic heterocycles. The quantitative estimate of drug-likeness (QED) is 0.242. The van der Waals surface area contributed by atoms with Crippen molar-refractivity contribution in [3.05, 3.63) is 87.8 Å². The van der Waals surface area contributed by atoms with Crippen LogP contribution in [0.2, 0.25) is 0 Å². The first-order valence-electron chi connectivity index (χ1n) is 13.8. The van der Waals surface area contributed by atoms with Gasteiger partial charge in [-0.25, -0.2) is 13.1 Å². The molecule has 0 aliphatic carbocycles. The Morgan fingerprint density at radius 3 is 2.32 bits per heavy atom. The highest BCUT2D eigenvalue weighted by Gasteiger charge is 2.33. The molecule has 0 radical (unpaired) electrons. The molecule has 10 nitrogen and oxygen atoms in total. The summed E-state index contributed by atoms with van der Waals surface area (Å²) < 4.78 is 43.7. The lowest BCUT2D eigenvalue weighted by Gasteiger charge is -2.33. The maximum Gasteiger partial charge on any atom is 0.248 e. The van der Waals surface area contributed by atoms with E-state index in [2.05, 4.69) is 48.2 Å². The number of benzene rings is 2. The van der Waals surface area contributed by atoms with Crippen molar-refractivity contribution in [2.75, 3.05) is 26.2 Å². The fourth-order valence-corrected chi connectivity index (χ4v) is 7.24. The van der Waals surface area contributed by atoms with E-state index in [0.29, 0.717) is 49.1 Å². The maximum absolute atomic E-state index is 13.2. The lowest BCUT2D eigenvalue weighted by molar-refractivity contribution is 0.144. The predicted octanol–water partition coefficient (Wildman–Crippen LogP) is 4.73. The Morgan fingerprint density at radius 2 is 1.71 bits per heavy atom. The zero-order valence-electron chi connectivity index (χ0n) is 23.9. The summed E-state index contributed by atoms with van der Waals surface area (Å²) in [7, 11) is -3.68. The summed E-state index contributed by atoms with van der Waals surface area (Å²) in [6.07, 6.45) is 0.971. The van der Waals surface area contributed by atoms with Crippen molar-refractivity contribution in [2.24, 2.45) is 0 Å². The summed E-state index contributed by atoms with van der Waals surface area (Å²) in [6.45, 7) is 10.0. The third-order valence-corrected chi connectivity index (χ3v) is 10.1. The van der Waals surface area contributed by atoms with Crippen LogP contribution in [0.3, 0.4) is 0 Å². The average molecular weight is 597 g/mol. The van der Waals surface area contributed by atoms with Crippen molar-refractivity contribution >= 4 is 22.2 Å². The van der Waals surface area contributed by atoms with Gasteiger partial charge in [0.05, 0.1) is 12.7 Å². The molecule has 1 atom stereocenters. The highest BCUT2D eigenvalue weighted by molar-refractivity contribution is 7.89. The van der Waals surface area contributed by atoms with Crippen LogP contribution in [0.4, 0.5) is 0 Å². The smallest absolute Gasteiger partial charge is 0.248 e. The molecule has 218 valence electrons. The second-order valence-electron chi connectivity index (χ2n) is 10.3. The lowest BCUT2D eigenvalue weighted by atomic mass is 10.1. The molecular weight excluding hydrogens is 560 g/mol. The molecule has 1 fully saturated rings. The number of aromatic nitrogens is 4. The molecule has 4 aromatic rings. The van der Waals surface area contributed by atoms with Crippen molar-refractivity contribution < 1.29 is 17.7 Å². The number of nitrogens with zero attached hydrogens (tertiary/aromatic N) is 6. The molecule has 1 saturated heterocycles. The first kappa shape index (κ1) is 29.2. The van der Waals surface area contributed by atoms with E-state index in [9.17, 15) is 8.42 Å². The van der Waals surface area contributed by atoms with Crippen molar-refractivity contribution in [1.82, 2.24) is 28.7 Å². The van der Waals surface area contributed by atoms with Crippen molar-refractivity contribution in [2.45, 2.75) is 58.3 Å².